The van der Waals surface area contributed by atoms with Gasteiger partial charge in [0.25, 0.3) is 0 Å². The lowest BCUT2D eigenvalue weighted by Crippen LogP contribution is -2.33. The molecule has 1 aromatic carbocycles. The molecule has 1 atom stereocenters. The maximum absolute atomic E-state index is 12.3. The maximum atomic E-state index is 12.3. The molecule has 0 bridgehead atoms. The summed E-state index contributed by atoms with van der Waals surface area (Å²) in [6, 6.07) is 5.51. The van der Waals surface area contributed by atoms with Gasteiger partial charge in [0, 0.05) is 5.39 Å². The molecule has 0 radical (unpaired) electrons. The summed E-state index contributed by atoms with van der Waals surface area (Å²) < 4.78 is 38.1. The Morgan fingerprint density at radius 3 is 2.58 bits per heavy atom. The van der Waals surface area contributed by atoms with Crippen molar-refractivity contribution in [2.24, 2.45) is 0 Å². The summed E-state index contributed by atoms with van der Waals surface area (Å²) in [5.74, 6) is 0.341. The third kappa shape index (κ3) is 2.89. The number of benzene rings is 1. The Morgan fingerprint density at radius 2 is 2.00 bits per heavy atom. The molecule has 2 rings (SSSR count). The molecule has 1 heterocycles. The zero-order valence-electron chi connectivity index (χ0n) is 10.6. The summed E-state index contributed by atoms with van der Waals surface area (Å²) >= 11 is 0. The number of hydrogen-bond acceptors (Lipinski definition) is 2. The molecule has 0 aliphatic heterocycles. The Kier molecular flexibility index (Phi) is 3.54. The molecule has 0 aliphatic carbocycles. The number of aromatic nitrogens is 2. The van der Waals surface area contributed by atoms with E-state index in [1.807, 2.05) is 26.0 Å². The molecule has 1 aromatic heterocycles. The van der Waals surface area contributed by atoms with Crippen LogP contribution in [0.15, 0.2) is 24.4 Å². The summed E-state index contributed by atoms with van der Waals surface area (Å²) in [4.78, 5) is 0. The number of aliphatic hydroxyl groups is 1. The molecular formula is C13H15F3N2O. The van der Waals surface area contributed by atoms with Crippen LogP contribution in [-0.2, 0) is 6.54 Å². The second-order valence-corrected chi connectivity index (χ2v) is 4.86. The Hall–Kier alpha value is -1.56. The standard InChI is InChI=1S/C13H15F3N2O/c1-8(2)9-3-4-11-10(5-9)6-17-18(11)7-12(19)13(14,15)16/h3-6,8,12,19H,7H2,1-2H3/t12-/m1/s1. The van der Waals surface area contributed by atoms with E-state index in [1.165, 1.54) is 10.9 Å². The van der Waals surface area contributed by atoms with E-state index in [2.05, 4.69) is 5.10 Å². The highest BCUT2D eigenvalue weighted by molar-refractivity contribution is 5.79. The number of hydrogen-bond donors (Lipinski definition) is 1. The van der Waals surface area contributed by atoms with E-state index in [0.29, 0.717) is 11.4 Å². The zero-order valence-corrected chi connectivity index (χ0v) is 10.6. The smallest absolute Gasteiger partial charge is 0.382 e. The molecule has 1 N–H and O–H groups in total. The fourth-order valence-electron chi connectivity index (χ4n) is 1.88. The topological polar surface area (TPSA) is 38.0 Å². The number of rotatable bonds is 3. The third-order valence-electron chi connectivity index (χ3n) is 3.06. The van der Waals surface area contributed by atoms with Gasteiger partial charge in [-0.15, -0.1) is 0 Å². The molecule has 104 valence electrons. The number of fused-ring (bicyclic) bond motifs is 1. The quantitative estimate of drug-likeness (QED) is 0.932. The lowest BCUT2D eigenvalue weighted by atomic mass is 10.0. The molecule has 0 saturated carbocycles. The predicted octanol–water partition coefficient (Wildman–Crippen LogP) is 3.08. The van der Waals surface area contributed by atoms with Crippen LogP contribution in [0.2, 0.25) is 0 Å². The van der Waals surface area contributed by atoms with Crippen LogP contribution in [0, 0.1) is 0 Å². The molecule has 0 unspecified atom stereocenters. The minimum Gasteiger partial charge on any atom is -0.382 e. The number of alkyl halides is 3. The van der Waals surface area contributed by atoms with E-state index in [1.54, 1.807) is 6.07 Å². The van der Waals surface area contributed by atoms with Crippen LogP contribution >= 0.6 is 0 Å². The fourth-order valence-corrected chi connectivity index (χ4v) is 1.88. The van der Waals surface area contributed by atoms with Crippen molar-refractivity contribution in [3.8, 4) is 0 Å². The first-order chi connectivity index (χ1) is 8.79. The van der Waals surface area contributed by atoms with Crippen molar-refractivity contribution in [2.45, 2.75) is 38.6 Å². The lowest BCUT2D eigenvalue weighted by molar-refractivity contribution is -0.207. The van der Waals surface area contributed by atoms with Gasteiger partial charge in [0.05, 0.1) is 18.3 Å². The molecule has 2 aromatic rings. The van der Waals surface area contributed by atoms with E-state index in [0.717, 1.165) is 10.9 Å². The molecule has 0 saturated heterocycles. The third-order valence-corrected chi connectivity index (χ3v) is 3.06. The largest absolute Gasteiger partial charge is 0.416 e. The van der Waals surface area contributed by atoms with Crippen LogP contribution in [0.1, 0.15) is 25.3 Å². The van der Waals surface area contributed by atoms with Crippen molar-refractivity contribution in [1.29, 1.82) is 0 Å². The van der Waals surface area contributed by atoms with Gasteiger partial charge >= 0.3 is 6.18 Å². The van der Waals surface area contributed by atoms with Gasteiger partial charge in [-0.2, -0.15) is 18.3 Å². The Bertz CT molecular complexity index is 575. The summed E-state index contributed by atoms with van der Waals surface area (Å²) in [6.07, 6.45) is -5.51. The minimum absolute atomic E-state index is 0.341. The van der Waals surface area contributed by atoms with E-state index < -0.39 is 18.8 Å². The van der Waals surface area contributed by atoms with Gasteiger partial charge in [0.15, 0.2) is 6.10 Å². The van der Waals surface area contributed by atoms with Gasteiger partial charge in [0.2, 0.25) is 0 Å². The summed E-state index contributed by atoms with van der Waals surface area (Å²) in [5.41, 5.74) is 1.69. The summed E-state index contributed by atoms with van der Waals surface area (Å²) in [6.45, 7) is 3.49. The van der Waals surface area contributed by atoms with Gasteiger partial charge in [-0.1, -0.05) is 19.9 Å². The van der Waals surface area contributed by atoms with Gasteiger partial charge in [-0.05, 0) is 23.6 Å². The highest BCUT2D eigenvalue weighted by Crippen LogP contribution is 2.24. The second kappa shape index (κ2) is 4.85. The monoisotopic (exact) mass is 272 g/mol. The average molecular weight is 272 g/mol. The van der Waals surface area contributed by atoms with Crippen LogP contribution in [0.4, 0.5) is 13.2 Å². The maximum Gasteiger partial charge on any atom is 0.416 e. The van der Waals surface area contributed by atoms with Crippen LogP contribution in [0.25, 0.3) is 10.9 Å². The van der Waals surface area contributed by atoms with Crippen LogP contribution < -0.4 is 0 Å². The van der Waals surface area contributed by atoms with Gasteiger partial charge in [-0.3, -0.25) is 4.68 Å². The van der Waals surface area contributed by atoms with Gasteiger partial charge in [0.1, 0.15) is 0 Å². The summed E-state index contributed by atoms with van der Waals surface area (Å²) in [5, 5.41) is 13.8. The molecule has 0 aliphatic rings. The van der Waals surface area contributed by atoms with Crippen molar-refractivity contribution in [3.05, 3.63) is 30.0 Å². The summed E-state index contributed by atoms with van der Waals surface area (Å²) in [7, 11) is 0. The van der Waals surface area contributed by atoms with Crippen molar-refractivity contribution in [1.82, 2.24) is 9.78 Å². The first-order valence-electron chi connectivity index (χ1n) is 5.99. The molecule has 19 heavy (non-hydrogen) atoms. The first kappa shape index (κ1) is 13.9. The minimum atomic E-state index is -4.63. The van der Waals surface area contributed by atoms with E-state index in [-0.39, 0.29) is 0 Å². The molecule has 3 nitrogen and oxygen atoms in total. The van der Waals surface area contributed by atoms with E-state index in [9.17, 15) is 13.2 Å². The van der Waals surface area contributed by atoms with Crippen LogP contribution in [0.5, 0.6) is 0 Å². The Morgan fingerprint density at radius 1 is 1.32 bits per heavy atom. The Labute approximate surface area is 108 Å². The SMILES string of the molecule is CC(C)c1ccc2c(cnn2C[C@@H](O)C(F)(F)F)c1. The average Bonchev–Trinajstić information content (AvgIpc) is 2.70. The van der Waals surface area contributed by atoms with Crippen molar-refractivity contribution >= 4 is 10.9 Å². The Balaban J connectivity index is 2.31. The molecular weight excluding hydrogens is 257 g/mol. The van der Waals surface area contributed by atoms with Gasteiger partial charge < -0.3 is 5.11 Å². The van der Waals surface area contributed by atoms with Crippen molar-refractivity contribution < 1.29 is 18.3 Å². The zero-order chi connectivity index (χ0) is 14.2. The first-order valence-corrected chi connectivity index (χ1v) is 5.99. The molecule has 6 heteroatoms. The normalized spacial score (nSPS) is 14.3. The number of halogens is 3. The second-order valence-electron chi connectivity index (χ2n) is 4.86. The number of aliphatic hydroxyl groups excluding tert-OH is 1. The predicted molar refractivity (Wildman–Crippen MR) is 65.9 cm³/mol. The van der Waals surface area contributed by atoms with Crippen molar-refractivity contribution in [3.63, 3.8) is 0 Å². The van der Waals surface area contributed by atoms with Crippen LogP contribution in [0.3, 0.4) is 0 Å². The van der Waals surface area contributed by atoms with E-state index in [4.69, 9.17) is 5.11 Å². The molecule has 0 fully saturated rings. The highest BCUT2D eigenvalue weighted by Gasteiger charge is 2.38. The molecule has 0 amide bonds. The van der Waals surface area contributed by atoms with Gasteiger partial charge in [-0.25, -0.2) is 0 Å². The lowest BCUT2D eigenvalue weighted by Gasteiger charge is -2.15. The fraction of sp³-hybridized carbons (Fsp3) is 0.462. The number of nitrogens with zero attached hydrogens (tertiary/aromatic N) is 2. The molecule has 0 spiro atoms. The van der Waals surface area contributed by atoms with Crippen molar-refractivity contribution in [2.75, 3.05) is 0 Å². The van der Waals surface area contributed by atoms with E-state index >= 15 is 0 Å². The van der Waals surface area contributed by atoms with Crippen LogP contribution in [-0.4, -0.2) is 27.2 Å². The highest BCUT2D eigenvalue weighted by atomic mass is 19.4.